The smallest absolute Gasteiger partial charge is 0.274 e. The van der Waals surface area contributed by atoms with Crippen LogP contribution in [0.1, 0.15) is 30.4 Å². The van der Waals surface area contributed by atoms with Crippen LogP contribution in [0.4, 0.5) is 0 Å². The minimum Gasteiger partial charge on any atom is -0.353 e. The fourth-order valence-corrected chi connectivity index (χ4v) is 1.71. The van der Waals surface area contributed by atoms with Crippen LogP contribution in [0.15, 0.2) is 12.3 Å². The third-order valence-corrected chi connectivity index (χ3v) is 2.68. The molecule has 1 aromatic rings. The molecule has 2 rings (SSSR count). The average molecular weight is 236 g/mol. The Hall–Kier alpha value is -1.85. The van der Waals surface area contributed by atoms with E-state index in [0.717, 1.165) is 0 Å². The lowest BCUT2D eigenvalue weighted by molar-refractivity contribution is -0.123. The molecule has 1 aliphatic rings. The number of hydrogen-bond acceptors (Lipinski definition) is 3. The van der Waals surface area contributed by atoms with Gasteiger partial charge in [-0.3, -0.25) is 14.3 Å². The number of nitrogens with zero attached hydrogens (tertiary/aromatic N) is 3. The monoisotopic (exact) mass is 236 g/mol. The van der Waals surface area contributed by atoms with Crippen LogP contribution >= 0.6 is 0 Å². The zero-order chi connectivity index (χ0) is 12.4. The van der Waals surface area contributed by atoms with Crippen molar-refractivity contribution in [2.24, 2.45) is 0 Å². The van der Waals surface area contributed by atoms with Crippen molar-refractivity contribution in [3.05, 3.63) is 18.0 Å². The Kier molecular flexibility index (Phi) is 3.12. The third-order valence-electron chi connectivity index (χ3n) is 2.68. The first kappa shape index (κ1) is 11.6. The molecule has 1 fully saturated rings. The molecule has 2 heterocycles. The van der Waals surface area contributed by atoms with Crippen LogP contribution in [0, 0.1) is 0 Å². The minimum absolute atomic E-state index is 0.118. The summed E-state index contributed by atoms with van der Waals surface area (Å²) in [5.74, 6) is -0.299. The van der Waals surface area contributed by atoms with Gasteiger partial charge in [-0.1, -0.05) is 0 Å². The van der Waals surface area contributed by atoms with Gasteiger partial charge in [0.15, 0.2) is 0 Å². The van der Waals surface area contributed by atoms with E-state index in [1.807, 2.05) is 13.8 Å². The molecular weight excluding hydrogens is 220 g/mol. The van der Waals surface area contributed by atoms with Gasteiger partial charge in [0.2, 0.25) is 5.91 Å². The predicted molar refractivity (Wildman–Crippen MR) is 61.5 cm³/mol. The van der Waals surface area contributed by atoms with Gasteiger partial charge < -0.3 is 10.2 Å². The van der Waals surface area contributed by atoms with Gasteiger partial charge in [0, 0.05) is 25.3 Å². The highest BCUT2D eigenvalue weighted by Crippen LogP contribution is 2.07. The largest absolute Gasteiger partial charge is 0.353 e. The van der Waals surface area contributed by atoms with E-state index in [4.69, 9.17) is 0 Å². The topological polar surface area (TPSA) is 67.2 Å². The minimum atomic E-state index is -0.181. The molecule has 0 unspecified atom stereocenters. The van der Waals surface area contributed by atoms with Gasteiger partial charge in [0.05, 0.1) is 6.54 Å². The van der Waals surface area contributed by atoms with Crippen LogP contribution < -0.4 is 5.32 Å². The number of rotatable bonds is 2. The standard InChI is InChI=1S/C11H16N4O2/c1-8(2)15-5-3-9(13-15)11(17)14-6-4-12-10(16)7-14/h3,5,8H,4,6-7H2,1-2H3,(H,12,16). The molecule has 92 valence electrons. The highest BCUT2D eigenvalue weighted by Gasteiger charge is 2.23. The molecule has 1 saturated heterocycles. The summed E-state index contributed by atoms with van der Waals surface area (Å²) in [4.78, 5) is 24.8. The molecule has 0 bridgehead atoms. The van der Waals surface area contributed by atoms with Gasteiger partial charge in [-0.15, -0.1) is 0 Å². The zero-order valence-corrected chi connectivity index (χ0v) is 10.0. The Morgan fingerprint density at radius 3 is 2.88 bits per heavy atom. The maximum atomic E-state index is 12.1. The molecule has 0 spiro atoms. The first-order valence-corrected chi connectivity index (χ1v) is 5.69. The van der Waals surface area contributed by atoms with Crippen molar-refractivity contribution in [2.45, 2.75) is 19.9 Å². The molecular formula is C11H16N4O2. The van der Waals surface area contributed by atoms with E-state index in [1.54, 1.807) is 16.9 Å². The molecule has 6 nitrogen and oxygen atoms in total. The second-order valence-corrected chi connectivity index (χ2v) is 4.35. The number of aromatic nitrogens is 2. The van der Waals surface area contributed by atoms with Crippen molar-refractivity contribution in [1.82, 2.24) is 20.0 Å². The summed E-state index contributed by atoms with van der Waals surface area (Å²) in [6.07, 6.45) is 1.78. The quantitative estimate of drug-likeness (QED) is 0.788. The molecule has 17 heavy (non-hydrogen) atoms. The van der Waals surface area contributed by atoms with E-state index in [2.05, 4.69) is 10.4 Å². The van der Waals surface area contributed by atoms with Crippen molar-refractivity contribution in [3.63, 3.8) is 0 Å². The Morgan fingerprint density at radius 2 is 2.29 bits per heavy atom. The molecule has 1 aliphatic heterocycles. The van der Waals surface area contributed by atoms with Crippen molar-refractivity contribution in [3.8, 4) is 0 Å². The van der Waals surface area contributed by atoms with E-state index in [1.165, 1.54) is 4.90 Å². The van der Waals surface area contributed by atoms with Gasteiger partial charge in [-0.25, -0.2) is 0 Å². The summed E-state index contributed by atoms with van der Waals surface area (Å²) < 4.78 is 1.73. The number of carbonyl (C=O) groups excluding carboxylic acids is 2. The van der Waals surface area contributed by atoms with Crippen molar-refractivity contribution >= 4 is 11.8 Å². The molecule has 0 aromatic carbocycles. The van der Waals surface area contributed by atoms with E-state index >= 15 is 0 Å². The van der Waals surface area contributed by atoms with Gasteiger partial charge in [0.25, 0.3) is 5.91 Å². The van der Waals surface area contributed by atoms with Crippen LogP contribution in [0.3, 0.4) is 0 Å². The molecule has 1 aromatic heterocycles. The highest BCUT2D eigenvalue weighted by molar-refractivity contribution is 5.95. The molecule has 6 heteroatoms. The molecule has 0 saturated carbocycles. The van der Waals surface area contributed by atoms with Crippen LogP contribution in [-0.4, -0.2) is 46.1 Å². The maximum absolute atomic E-state index is 12.1. The van der Waals surface area contributed by atoms with Gasteiger partial charge in [-0.05, 0) is 19.9 Å². The number of nitrogens with one attached hydrogen (secondary N) is 1. The summed E-state index contributed by atoms with van der Waals surface area (Å²) in [6.45, 7) is 5.16. The SMILES string of the molecule is CC(C)n1ccc(C(=O)N2CCNC(=O)C2)n1. The predicted octanol–water partition coefficient (Wildman–Crippen LogP) is 0.0360. The summed E-state index contributed by atoms with van der Waals surface area (Å²) in [5, 5.41) is 6.89. The number of piperazine rings is 1. The van der Waals surface area contributed by atoms with Crippen molar-refractivity contribution in [1.29, 1.82) is 0 Å². The van der Waals surface area contributed by atoms with Crippen LogP contribution in [0.2, 0.25) is 0 Å². The lowest BCUT2D eigenvalue weighted by Crippen LogP contribution is -2.50. The van der Waals surface area contributed by atoms with E-state index < -0.39 is 0 Å². The Balaban J connectivity index is 2.10. The second kappa shape index (κ2) is 4.57. The lowest BCUT2D eigenvalue weighted by Gasteiger charge is -2.25. The Bertz CT molecular complexity index is 438. The first-order valence-electron chi connectivity index (χ1n) is 5.69. The van der Waals surface area contributed by atoms with Gasteiger partial charge in [-0.2, -0.15) is 5.10 Å². The van der Waals surface area contributed by atoms with Crippen molar-refractivity contribution in [2.75, 3.05) is 19.6 Å². The fraction of sp³-hybridized carbons (Fsp3) is 0.545. The summed E-state index contributed by atoms with van der Waals surface area (Å²) in [6, 6.07) is 1.91. The highest BCUT2D eigenvalue weighted by atomic mass is 16.2. The van der Waals surface area contributed by atoms with E-state index in [-0.39, 0.29) is 24.4 Å². The molecule has 0 radical (unpaired) electrons. The molecule has 2 amide bonds. The normalized spacial score (nSPS) is 16.2. The number of carbonyl (C=O) groups is 2. The maximum Gasteiger partial charge on any atom is 0.274 e. The molecule has 0 aliphatic carbocycles. The van der Waals surface area contributed by atoms with Gasteiger partial charge >= 0.3 is 0 Å². The fourth-order valence-electron chi connectivity index (χ4n) is 1.71. The second-order valence-electron chi connectivity index (χ2n) is 4.35. The van der Waals surface area contributed by atoms with Gasteiger partial charge in [0.1, 0.15) is 5.69 Å². The summed E-state index contributed by atoms with van der Waals surface area (Å²) >= 11 is 0. The average Bonchev–Trinajstić information content (AvgIpc) is 2.77. The number of hydrogen-bond donors (Lipinski definition) is 1. The van der Waals surface area contributed by atoms with Crippen LogP contribution in [-0.2, 0) is 4.79 Å². The van der Waals surface area contributed by atoms with E-state index in [9.17, 15) is 9.59 Å². The lowest BCUT2D eigenvalue weighted by atomic mass is 10.3. The van der Waals surface area contributed by atoms with Crippen LogP contribution in [0.5, 0.6) is 0 Å². The molecule has 1 N–H and O–H groups in total. The summed E-state index contributed by atoms with van der Waals surface area (Å²) in [5.41, 5.74) is 0.397. The number of amides is 2. The van der Waals surface area contributed by atoms with Crippen molar-refractivity contribution < 1.29 is 9.59 Å². The molecule has 0 atom stereocenters. The van der Waals surface area contributed by atoms with Crippen LogP contribution in [0.25, 0.3) is 0 Å². The Morgan fingerprint density at radius 1 is 1.53 bits per heavy atom. The van der Waals surface area contributed by atoms with E-state index in [0.29, 0.717) is 18.8 Å². The summed E-state index contributed by atoms with van der Waals surface area (Å²) in [7, 11) is 0. The third kappa shape index (κ3) is 2.46. The zero-order valence-electron chi connectivity index (χ0n) is 10.0. The first-order chi connectivity index (χ1) is 8.08. The Labute approximate surface area is 99.6 Å².